The van der Waals surface area contributed by atoms with E-state index >= 15 is 0 Å². The van der Waals surface area contributed by atoms with E-state index in [0.29, 0.717) is 17.9 Å². The summed E-state index contributed by atoms with van der Waals surface area (Å²) >= 11 is 0. The number of nitrogens with zero attached hydrogens (tertiary/aromatic N) is 2. The molecular weight excluding hydrogens is 358 g/mol. The summed E-state index contributed by atoms with van der Waals surface area (Å²) in [5, 5.41) is 9.68. The van der Waals surface area contributed by atoms with Crippen molar-refractivity contribution < 1.29 is 17.9 Å². The van der Waals surface area contributed by atoms with Crippen LogP contribution >= 0.6 is 0 Å². The van der Waals surface area contributed by atoms with Crippen LogP contribution in [0.1, 0.15) is 25.1 Å². The molecule has 2 amide bonds. The van der Waals surface area contributed by atoms with Gasteiger partial charge in [0.1, 0.15) is 5.75 Å². The van der Waals surface area contributed by atoms with Gasteiger partial charge in [-0.1, -0.05) is 6.92 Å². The van der Waals surface area contributed by atoms with Crippen LogP contribution in [0.2, 0.25) is 0 Å². The fourth-order valence-corrected chi connectivity index (χ4v) is 3.06. The first-order valence-corrected chi connectivity index (χ1v) is 9.84. The van der Waals surface area contributed by atoms with E-state index in [-0.39, 0.29) is 11.7 Å². The lowest BCUT2D eigenvalue weighted by atomic mass is 10.1. The fraction of sp³-hybridized carbons (Fsp3) is 0.375. The number of sulfonamides is 1. The number of benzene rings is 1. The van der Waals surface area contributed by atoms with Crippen LogP contribution in [0.25, 0.3) is 0 Å². The first-order valence-electron chi connectivity index (χ1n) is 7.94. The molecule has 1 aromatic carbocycles. The monoisotopic (exact) mass is 381 g/mol. The molecule has 1 atom stereocenters. The second-order valence-electron chi connectivity index (χ2n) is 5.73. The minimum atomic E-state index is -3.48. The van der Waals surface area contributed by atoms with E-state index in [9.17, 15) is 13.2 Å². The highest BCUT2D eigenvalue weighted by Crippen LogP contribution is 2.28. The quantitative estimate of drug-likeness (QED) is 0.679. The molecule has 0 spiro atoms. The Kier molecular flexibility index (Phi) is 6.09. The van der Waals surface area contributed by atoms with Crippen LogP contribution in [0.5, 0.6) is 5.75 Å². The lowest BCUT2D eigenvalue weighted by Crippen LogP contribution is -2.33. The molecule has 9 nitrogen and oxygen atoms in total. The number of anilines is 2. The van der Waals surface area contributed by atoms with E-state index < -0.39 is 16.1 Å². The van der Waals surface area contributed by atoms with Crippen LogP contribution in [-0.4, -0.2) is 37.6 Å². The molecule has 0 aliphatic rings. The summed E-state index contributed by atoms with van der Waals surface area (Å²) in [6, 6.07) is 5.92. The summed E-state index contributed by atoms with van der Waals surface area (Å²) in [7, 11) is -0.238. The summed E-state index contributed by atoms with van der Waals surface area (Å²) in [5.41, 5.74) is 1.55. The number of carbonyl (C=O) groups excluding carboxylic acids is 1. The summed E-state index contributed by atoms with van der Waals surface area (Å²) in [5.74, 6) is 0.350. The zero-order valence-electron chi connectivity index (χ0n) is 15.1. The lowest BCUT2D eigenvalue weighted by Gasteiger charge is -2.18. The van der Waals surface area contributed by atoms with Crippen molar-refractivity contribution in [3.8, 4) is 5.75 Å². The van der Waals surface area contributed by atoms with Crippen LogP contribution in [0, 0.1) is 0 Å². The van der Waals surface area contributed by atoms with Gasteiger partial charge < -0.3 is 15.4 Å². The summed E-state index contributed by atoms with van der Waals surface area (Å²) < 4.78 is 32.1. The molecule has 1 heterocycles. The van der Waals surface area contributed by atoms with Crippen molar-refractivity contribution in [1.29, 1.82) is 0 Å². The van der Waals surface area contributed by atoms with Crippen molar-refractivity contribution in [3.63, 3.8) is 0 Å². The van der Waals surface area contributed by atoms with E-state index in [1.807, 2.05) is 20.0 Å². The Labute approximate surface area is 152 Å². The van der Waals surface area contributed by atoms with Crippen molar-refractivity contribution in [3.05, 3.63) is 36.2 Å². The molecule has 142 valence electrons. The van der Waals surface area contributed by atoms with Gasteiger partial charge in [0.05, 0.1) is 30.8 Å². The molecule has 2 rings (SSSR count). The third-order valence-electron chi connectivity index (χ3n) is 3.68. The molecule has 0 aliphatic carbocycles. The zero-order valence-corrected chi connectivity index (χ0v) is 15.9. The van der Waals surface area contributed by atoms with Gasteiger partial charge in [0.25, 0.3) is 0 Å². The Morgan fingerprint density at radius 2 is 2.08 bits per heavy atom. The number of amides is 2. The first kappa shape index (κ1) is 19.6. The molecule has 0 unspecified atom stereocenters. The van der Waals surface area contributed by atoms with Gasteiger partial charge in [0, 0.05) is 18.9 Å². The number of aromatic nitrogens is 2. The van der Waals surface area contributed by atoms with E-state index in [1.54, 1.807) is 23.0 Å². The number of methoxy groups -OCH3 is 1. The number of urea groups is 1. The van der Waals surface area contributed by atoms with Gasteiger partial charge in [-0.3, -0.25) is 9.40 Å². The van der Waals surface area contributed by atoms with Crippen molar-refractivity contribution >= 4 is 27.4 Å². The second-order valence-corrected chi connectivity index (χ2v) is 7.48. The maximum absolute atomic E-state index is 12.3. The predicted octanol–water partition coefficient (Wildman–Crippen LogP) is 2.07. The van der Waals surface area contributed by atoms with E-state index in [2.05, 4.69) is 20.5 Å². The molecule has 0 aliphatic heterocycles. The number of ether oxygens (including phenoxy) is 1. The molecule has 3 N–H and O–H groups in total. The number of nitrogens with one attached hydrogen (secondary N) is 3. The van der Waals surface area contributed by atoms with Crippen molar-refractivity contribution in [1.82, 2.24) is 15.1 Å². The fourth-order valence-electron chi connectivity index (χ4n) is 2.50. The Balaban J connectivity index is 2.13. The molecule has 0 radical (unpaired) electrons. The predicted molar refractivity (Wildman–Crippen MR) is 99.9 cm³/mol. The molecular formula is C16H23N5O4S. The molecule has 0 fully saturated rings. The van der Waals surface area contributed by atoms with Gasteiger partial charge in [0.15, 0.2) is 0 Å². The van der Waals surface area contributed by atoms with Crippen molar-refractivity contribution in [2.75, 3.05) is 23.4 Å². The topological polar surface area (TPSA) is 114 Å². The van der Waals surface area contributed by atoms with Gasteiger partial charge in [-0.2, -0.15) is 5.10 Å². The molecule has 1 aromatic heterocycles. The summed E-state index contributed by atoms with van der Waals surface area (Å²) in [6.45, 7) is 1.96. The summed E-state index contributed by atoms with van der Waals surface area (Å²) in [4.78, 5) is 12.3. The van der Waals surface area contributed by atoms with Gasteiger partial charge >= 0.3 is 6.03 Å². The standard InChI is InChI=1S/C16H23N5O4S/c1-5-12(14-8-9-17-21(14)2)19-16(22)18-11-6-7-15(25-3)13(10-11)20-26(4,23)24/h6-10,12,20H,5H2,1-4H3,(H2,18,19,22)/t12-/m0/s1. The van der Waals surface area contributed by atoms with Crippen molar-refractivity contribution in [2.24, 2.45) is 7.05 Å². The highest BCUT2D eigenvalue weighted by atomic mass is 32.2. The lowest BCUT2D eigenvalue weighted by molar-refractivity contribution is 0.247. The molecule has 2 aromatic rings. The van der Waals surface area contributed by atoms with Crippen LogP contribution in [0.3, 0.4) is 0 Å². The van der Waals surface area contributed by atoms with Gasteiger partial charge in [0.2, 0.25) is 10.0 Å². The number of hydrogen-bond donors (Lipinski definition) is 3. The number of carbonyl (C=O) groups is 1. The average molecular weight is 381 g/mol. The second kappa shape index (κ2) is 8.09. The maximum atomic E-state index is 12.3. The normalized spacial score (nSPS) is 12.3. The minimum absolute atomic E-state index is 0.200. The smallest absolute Gasteiger partial charge is 0.319 e. The summed E-state index contributed by atoms with van der Waals surface area (Å²) in [6.07, 6.45) is 3.40. The van der Waals surface area contributed by atoms with E-state index in [4.69, 9.17) is 4.74 Å². The van der Waals surface area contributed by atoms with Crippen LogP contribution < -0.4 is 20.1 Å². The van der Waals surface area contributed by atoms with Gasteiger partial charge in [-0.05, 0) is 30.7 Å². The first-order chi connectivity index (χ1) is 12.2. The average Bonchev–Trinajstić information content (AvgIpc) is 2.97. The molecule has 10 heteroatoms. The third kappa shape index (κ3) is 5.12. The molecule has 26 heavy (non-hydrogen) atoms. The molecule has 0 saturated heterocycles. The minimum Gasteiger partial charge on any atom is -0.495 e. The van der Waals surface area contributed by atoms with Crippen LogP contribution in [0.4, 0.5) is 16.2 Å². The third-order valence-corrected chi connectivity index (χ3v) is 4.27. The number of hydrogen-bond acceptors (Lipinski definition) is 5. The highest BCUT2D eigenvalue weighted by Gasteiger charge is 2.16. The Morgan fingerprint density at radius 1 is 1.35 bits per heavy atom. The molecule has 0 bridgehead atoms. The Morgan fingerprint density at radius 3 is 2.62 bits per heavy atom. The number of aryl methyl sites for hydroxylation is 1. The largest absolute Gasteiger partial charge is 0.495 e. The number of rotatable bonds is 7. The Hall–Kier alpha value is -2.75. The van der Waals surface area contributed by atoms with E-state index in [1.165, 1.54) is 13.2 Å². The molecule has 0 saturated carbocycles. The van der Waals surface area contributed by atoms with Crippen LogP contribution in [0.15, 0.2) is 30.5 Å². The van der Waals surface area contributed by atoms with Gasteiger partial charge in [-0.25, -0.2) is 13.2 Å². The maximum Gasteiger partial charge on any atom is 0.319 e. The van der Waals surface area contributed by atoms with Gasteiger partial charge in [-0.15, -0.1) is 0 Å². The van der Waals surface area contributed by atoms with E-state index in [0.717, 1.165) is 11.9 Å². The zero-order chi connectivity index (χ0) is 19.3. The highest BCUT2D eigenvalue weighted by molar-refractivity contribution is 7.92. The SMILES string of the molecule is CC[C@H](NC(=O)Nc1ccc(OC)c(NS(C)(=O)=O)c1)c1ccnn1C. The Bertz CT molecular complexity index is 879. The van der Waals surface area contributed by atoms with Crippen molar-refractivity contribution in [2.45, 2.75) is 19.4 Å². The van der Waals surface area contributed by atoms with Crippen LogP contribution in [-0.2, 0) is 17.1 Å².